The summed E-state index contributed by atoms with van der Waals surface area (Å²) in [5, 5.41) is 0. The quantitative estimate of drug-likeness (QED) is 0.767. The van der Waals surface area contributed by atoms with Crippen LogP contribution < -0.4 is 5.73 Å². The highest BCUT2D eigenvalue weighted by Gasteiger charge is 2.04. The molecule has 14 heavy (non-hydrogen) atoms. The Hall–Kier alpha value is -0.760. The lowest BCUT2D eigenvalue weighted by molar-refractivity contribution is 0.516. The van der Waals surface area contributed by atoms with Crippen LogP contribution in [0.2, 0.25) is 0 Å². The first-order valence-electron chi connectivity index (χ1n) is 5.54. The standard InChI is InChI=1S/C12H22N2/c1-4-12(13)11-6-8-14(9-11)7-5-10(2)3/h6,8-10,12H,4-5,7,13H2,1-3H3. The molecule has 0 amide bonds. The predicted molar refractivity (Wildman–Crippen MR) is 61.1 cm³/mol. The molecule has 2 nitrogen and oxygen atoms in total. The molecule has 0 saturated heterocycles. The molecule has 0 saturated carbocycles. The lowest BCUT2D eigenvalue weighted by Gasteiger charge is -2.07. The topological polar surface area (TPSA) is 30.9 Å². The summed E-state index contributed by atoms with van der Waals surface area (Å²) in [5.74, 6) is 0.765. The second-order valence-corrected chi connectivity index (χ2v) is 4.38. The van der Waals surface area contributed by atoms with Crippen LogP contribution in [0, 0.1) is 5.92 Å². The van der Waals surface area contributed by atoms with Crippen molar-refractivity contribution in [2.45, 2.75) is 46.2 Å². The van der Waals surface area contributed by atoms with Gasteiger partial charge in [-0.2, -0.15) is 0 Å². The lowest BCUT2D eigenvalue weighted by atomic mass is 10.1. The summed E-state index contributed by atoms with van der Waals surface area (Å²) in [7, 11) is 0. The van der Waals surface area contributed by atoms with E-state index in [1.807, 2.05) is 0 Å². The van der Waals surface area contributed by atoms with Crippen LogP contribution >= 0.6 is 0 Å². The van der Waals surface area contributed by atoms with E-state index in [1.165, 1.54) is 12.0 Å². The van der Waals surface area contributed by atoms with Crippen LogP contribution in [0.1, 0.15) is 45.2 Å². The van der Waals surface area contributed by atoms with Gasteiger partial charge in [-0.15, -0.1) is 0 Å². The van der Waals surface area contributed by atoms with Crippen molar-refractivity contribution in [1.29, 1.82) is 0 Å². The highest BCUT2D eigenvalue weighted by atomic mass is 14.9. The van der Waals surface area contributed by atoms with Gasteiger partial charge in [0, 0.05) is 25.0 Å². The monoisotopic (exact) mass is 194 g/mol. The third-order valence-electron chi connectivity index (χ3n) is 2.61. The van der Waals surface area contributed by atoms with Crippen LogP contribution in [-0.4, -0.2) is 4.57 Å². The minimum Gasteiger partial charge on any atom is -0.354 e. The van der Waals surface area contributed by atoms with E-state index in [9.17, 15) is 0 Å². The Balaban J connectivity index is 2.50. The van der Waals surface area contributed by atoms with Gasteiger partial charge in [-0.3, -0.25) is 0 Å². The maximum absolute atomic E-state index is 5.95. The molecular weight excluding hydrogens is 172 g/mol. The smallest absolute Gasteiger partial charge is 0.0307 e. The third kappa shape index (κ3) is 3.18. The van der Waals surface area contributed by atoms with E-state index >= 15 is 0 Å². The van der Waals surface area contributed by atoms with Gasteiger partial charge in [0.25, 0.3) is 0 Å². The normalized spacial score (nSPS) is 13.5. The van der Waals surface area contributed by atoms with Gasteiger partial charge < -0.3 is 10.3 Å². The molecule has 2 heteroatoms. The number of aromatic nitrogens is 1. The van der Waals surface area contributed by atoms with Crippen molar-refractivity contribution in [3.8, 4) is 0 Å². The zero-order valence-corrected chi connectivity index (χ0v) is 9.53. The largest absolute Gasteiger partial charge is 0.354 e. The average molecular weight is 194 g/mol. The Morgan fingerprint density at radius 1 is 1.43 bits per heavy atom. The summed E-state index contributed by atoms with van der Waals surface area (Å²) < 4.78 is 2.24. The zero-order valence-electron chi connectivity index (χ0n) is 9.53. The Bertz CT molecular complexity index is 263. The molecule has 0 bridgehead atoms. The summed E-state index contributed by atoms with van der Waals surface area (Å²) in [6.07, 6.45) is 6.55. The molecule has 0 aliphatic heterocycles. The van der Waals surface area contributed by atoms with E-state index in [0.29, 0.717) is 0 Å². The van der Waals surface area contributed by atoms with Gasteiger partial charge in [0.2, 0.25) is 0 Å². The number of aryl methyl sites for hydroxylation is 1. The second kappa shape index (κ2) is 5.20. The molecule has 1 heterocycles. The molecule has 1 aromatic heterocycles. The van der Waals surface area contributed by atoms with Crippen LogP contribution in [0.25, 0.3) is 0 Å². The molecule has 0 spiro atoms. The van der Waals surface area contributed by atoms with Crippen molar-refractivity contribution in [2.75, 3.05) is 0 Å². The van der Waals surface area contributed by atoms with E-state index in [1.54, 1.807) is 0 Å². The Labute approximate surface area is 87.1 Å². The molecule has 0 fully saturated rings. The minimum absolute atomic E-state index is 0.204. The van der Waals surface area contributed by atoms with Crippen molar-refractivity contribution >= 4 is 0 Å². The maximum atomic E-state index is 5.95. The van der Waals surface area contributed by atoms with E-state index in [4.69, 9.17) is 5.73 Å². The Morgan fingerprint density at radius 3 is 2.71 bits per heavy atom. The molecule has 2 N–H and O–H groups in total. The summed E-state index contributed by atoms with van der Waals surface area (Å²) in [6.45, 7) is 7.73. The Kier molecular flexibility index (Phi) is 4.21. The SMILES string of the molecule is CCC(N)c1ccn(CCC(C)C)c1. The van der Waals surface area contributed by atoms with Gasteiger partial charge in [0.15, 0.2) is 0 Å². The van der Waals surface area contributed by atoms with Gasteiger partial charge in [-0.25, -0.2) is 0 Å². The molecule has 0 radical (unpaired) electrons. The van der Waals surface area contributed by atoms with E-state index in [0.717, 1.165) is 18.9 Å². The molecule has 0 aromatic carbocycles. The number of nitrogens with zero attached hydrogens (tertiary/aromatic N) is 1. The molecule has 1 aromatic rings. The fourth-order valence-electron chi connectivity index (χ4n) is 1.46. The van der Waals surface area contributed by atoms with Crippen molar-refractivity contribution in [1.82, 2.24) is 4.57 Å². The first-order valence-corrected chi connectivity index (χ1v) is 5.54. The maximum Gasteiger partial charge on any atom is 0.0307 e. The van der Waals surface area contributed by atoms with E-state index in [2.05, 4.69) is 43.8 Å². The highest BCUT2D eigenvalue weighted by Crippen LogP contribution is 2.14. The number of rotatable bonds is 5. The fraction of sp³-hybridized carbons (Fsp3) is 0.667. The average Bonchev–Trinajstić information content (AvgIpc) is 2.62. The second-order valence-electron chi connectivity index (χ2n) is 4.38. The van der Waals surface area contributed by atoms with Crippen LogP contribution in [0.3, 0.4) is 0 Å². The van der Waals surface area contributed by atoms with Gasteiger partial charge in [0.1, 0.15) is 0 Å². The van der Waals surface area contributed by atoms with Gasteiger partial charge in [-0.1, -0.05) is 20.8 Å². The van der Waals surface area contributed by atoms with E-state index < -0.39 is 0 Å². The summed E-state index contributed by atoms with van der Waals surface area (Å²) in [4.78, 5) is 0. The number of hydrogen-bond donors (Lipinski definition) is 1. The van der Waals surface area contributed by atoms with Crippen molar-refractivity contribution in [3.05, 3.63) is 24.0 Å². The molecule has 80 valence electrons. The first-order chi connectivity index (χ1) is 6.63. The lowest BCUT2D eigenvalue weighted by Crippen LogP contribution is -2.07. The third-order valence-corrected chi connectivity index (χ3v) is 2.61. The van der Waals surface area contributed by atoms with Crippen LogP contribution in [-0.2, 0) is 6.54 Å². The Morgan fingerprint density at radius 2 is 2.14 bits per heavy atom. The minimum atomic E-state index is 0.204. The molecular formula is C12H22N2. The van der Waals surface area contributed by atoms with Crippen molar-refractivity contribution < 1.29 is 0 Å². The highest BCUT2D eigenvalue weighted by molar-refractivity contribution is 5.14. The summed E-state index contributed by atoms with van der Waals surface area (Å²) in [5.41, 5.74) is 7.21. The molecule has 1 unspecified atom stereocenters. The summed E-state index contributed by atoms with van der Waals surface area (Å²) >= 11 is 0. The predicted octanol–water partition coefficient (Wildman–Crippen LogP) is 2.94. The first kappa shape index (κ1) is 11.3. The molecule has 0 aliphatic rings. The number of hydrogen-bond acceptors (Lipinski definition) is 1. The zero-order chi connectivity index (χ0) is 10.6. The van der Waals surface area contributed by atoms with Gasteiger partial charge in [-0.05, 0) is 30.4 Å². The van der Waals surface area contributed by atoms with Gasteiger partial charge in [0.05, 0.1) is 0 Å². The molecule has 0 aliphatic carbocycles. The van der Waals surface area contributed by atoms with E-state index in [-0.39, 0.29) is 6.04 Å². The summed E-state index contributed by atoms with van der Waals surface area (Å²) in [6, 6.07) is 2.34. The van der Waals surface area contributed by atoms with Gasteiger partial charge >= 0.3 is 0 Å². The van der Waals surface area contributed by atoms with Crippen molar-refractivity contribution in [3.63, 3.8) is 0 Å². The molecule has 1 rings (SSSR count). The molecule has 1 atom stereocenters. The van der Waals surface area contributed by atoms with Crippen LogP contribution in [0.5, 0.6) is 0 Å². The van der Waals surface area contributed by atoms with Crippen LogP contribution in [0.15, 0.2) is 18.5 Å². The fourth-order valence-corrected chi connectivity index (χ4v) is 1.46. The van der Waals surface area contributed by atoms with Crippen LogP contribution in [0.4, 0.5) is 0 Å². The number of nitrogens with two attached hydrogens (primary N) is 1. The van der Waals surface area contributed by atoms with Crippen molar-refractivity contribution in [2.24, 2.45) is 11.7 Å².